The van der Waals surface area contributed by atoms with Crippen LogP contribution < -0.4 is 10.6 Å². The molecule has 1 heterocycles. The topological polar surface area (TPSA) is 64.2 Å². The first kappa shape index (κ1) is 15.3. The fourth-order valence-electron chi connectivity index (χ4n) is 2.28. The van der Waals surface area contributed by atoms with Gasteiger partial charge in [0, 0.05) is 25.5 Å². The van der Waals surface area contributed by atoms with Crippen LogP contribution in [0.2, 0.25) is 0 Å². The van der Waals surface area contributed by atoms with E-state index in [1.165, 1.54) is 5.56 Å². The van der Waals surface area contributed by atoms with Crippen LogP contribution in [0.25, 0.3) is 0 Å². The van der Waals surface area contributed by atoms with Gasteiger partial charge in [0.15, 0.2) is 0 Å². The van der Waals surface area contributed by atoms with Gasteiger partial charge in [-0.1, -0.05) is 17.7 Å². The molecule has 5 heteroatoms. The second kappa shape index (κ2) is 6.54. The standard InChI is InChI=1S/C16H22N4O/c1-12-5-7-14(8-6-12)20(10-4-9-17)16(21)15-11-19(3)18-13(15)2/h5-8,11H,4,9-10,17H2,1-3H3. The monoisotopic (exact) mass is 286 g/mol. The minimum Gasteiger partial charge on any atom is -0.330 e. The predicted molar refractivity (Wildman–Crippen MR) is 84.5 cm³/mol. The molecule has 2 aromatic rings. The molecule has 112 valence electrons. The number of benzene rings is 1. The summed E-state index contributed by atoms with van der Waals surface area (Å²) in [4.78, 5) is 14.6. The number of carbonyl (C=O) groups is 1. The molecule has 0 saturated carbocycles. The van der Waals surface area contributed by atoms with E-state index in [0.717, 1.165) is 17.8 Å². The summed E-state index contributed by atoms with van der Waals surface area (Å²) in [6, 6.07) is 7.95. The molecular weight excluding hydrogens is 264 g/mol. The van der Waals surface area contributed by atoms with Crippen molar-refractivity contribution < 1.29 is 4.79 Å². The highest BCUT2D eigenvalue weighted by Crippen LogP contribution is 2.19. The van der Waals surface area contributed by atoms with Crippen molar-refractivity contribution in [3.05, 3.63) is 47.3 Å². The molecule has 0 fully saturated rings. The Balaban J connectivity index is 2.33. The molecule has 0 spiro atoms. The van der Waals surface area contributed by atoms with Gasteiger partial charge in [-0.3, -0.25) is 9.48 Å². The van der Waals surface area contributed by atoms with Crippen LogP contribution in [0.1, 0.15) is 28.0 Å². The number of anilines is 1. The molecule has 1 aromatic heterocycles. The highest BCUT2D eigenvalue weighted by atomic mass is 16.2. The Morgan fingerprint density at radius 2 is 1.95 bits per heavy atom. The number of hydrogen-bond donors (Lipinski definition) is 1. The number of nitrogens with zero attached hydrogens (tertiary/aromatic N) is 3. The molecule has 0 radical (unpaired) electrons. The molecule has 5 nitrogen and oxygen atoms in total. The zero-order chi connectivity index (χ0) is 15.4. The highest BCUT2D eigenvalue weighted by molar-refractivity contribution is 6.06. The van der Waals surface area contributed by atoms with Crippen molar-refractivity contribution in [1.82, 2.24) is 9.78 Å². The van der Waals surface area contributed by atoms with E-state index < -0.39 is 0 Å². The van der Waals surface area contributed by atoms with Gasteiger partial charge in [0.2, 0.25) is 0 Å². The summed E-state index contributed by atoms with van der Waals surface area (Å²) in [5.74, 6) is -0.0297. The molecule has 0 bridgehead atoms. The first-order valence-corrected chi connectivity index (χ1v) is 7.11. The molecule has 1 amide bonds. The molecule has 0 aliphatic rings. The van der Waals surface area contributed by atoms with Crippen molar-refractivity contribution in [3.8, 4) is 0 Å². The minimum atomic E-state index is -0.0297. The van der Waals surface area contributed by atoms with Gasteiger partial charge in [-0.15, -0.1) is 0 Å². The lowest BCUT2D eigenvalue weighted by atomic mass is 10.1. The maximum Gasteiger partial charge on any atom is 0.261 e. The van der Waals surface area contributed by atoms with Gasteiger partial charge in [0.05, 0.1) is 11.3 Å². The highest BCUT2D eigenvalue weighted by Gasteiger charge is 2.21. The molecule has 2 rings (SSSR count). The van der Waals surface area contributed by atoms with Crippen LogP contribution in [0.15, 0.2) is 30.5 Å². The Kier molecular flexibility index (Phi) is 4.75. The molecule has 0 atom stereocenters. The van der Waals surface area contributed by atoms with Crippen molar-refractivity contribution in [2.24, 2.45) is 12.8 Å². The molecule has 0 aliphatic carbocycles. The van der Waals surface area contributed by atoms with E-state index >= 15 is 0 Å². The fraction of sp³-hybridized carbons (Fsp3) is 0.375. The van der Waals surface area contributed by atoms with Gasteiger partial charge in [0.25, 0.3) is 5.91 Å². The van der Waals surface area contributed by atoms with Crippen LogP contribution >= 0.6 is 0 Å². The largest absolute Gasteiger partial charge is 0.330 e. The van der Waals surface area contributed by atoms with Crippen molar-refractivity contribution in [3.63, 3.8) is 0 Å². The van der Waals surface area contributed by atoms with Gasteiger partial charge in [-0.2, -0.15) is 5.10 Å². The number of hydrogen-bond acceptors (Lipinski definition) is 3. The third-order valence-corrected chi connectivity index (χ3v) is 3.42. The Morgan fingerprint density at radius 1 is 1.29 bits per heavy atom. The number of carbonyl (C=O) groups excluding carboxylic acids is 1. The second-order valence-corrected chi connectivity index (χ2v) is 5.24. The Bertz CT molecular complexity index is 616. The molecule has 0 unspecified atom stereocenters. The quantitative estimate of drug-likeness (QED) is 0.914. The van der Waals surface area contributed by atoms with E-state index in [-0.39, 0.29) is 5.91 Å². The van der Waals surface area contributed by atoms with Crippen LogP contribution in [0.3, 0.4) is 0 Å². The summed E-state index contributed by atoms with van der Waals surface area (Å²) in [6.07, 6.45) is 2.53. The molecule has 2 N–H and O–H groups in total. The fourth-order valence-corrected chi connectivity index (χ4v) is 2.28. The SMILES string of the molecule is Cc1ccc(N(CCCN)C(=O)c2cn(C)nc2C)cc1. The summed E-state index contributed by atoms with van der Waals surface area (Å²) < 4.78 is 1.67. The van der Waals surface area contributed by atoms with E-state index in [1.54, 1.807) is 15.8 Å². The molecule has 21 heavy (non-hydrogen) atoms. The summed E-state index contributed by atoms with van der Waals surface area (Å²) in [7, 11) is 1.82. The van der Waals surface area contributed by atoms with Crippen molar-refractivity contribution >= 4 is 11.6 Å². The van der Waals surface area contributed by atoms with E-state index in [4.69, 9.17) is 5.73 Å². The average Bonchev–Trinajstić information content (AvgIpc) is 2.79. The number of aryl methyl sites for hydroxylation is 3. The maximum atomic E-state index is 12.8. The summed E-state index contributed by atoms with van der Waals surface area (Å²) >= 11 is 0. The van der Waals surface area contributed by atoms with Crippen molar-refractivity contribution in [2.75, 3.05) is 18.0 Å². The number of nitrogens with two attached hydrogens (primary N) is 1. The van der Waals surface area contributed by atoms with E-state index in [9.17, 15) is 4.79 Å². The second-order valence-electron chi connectivity index (χ2n) is 5.24. The van der Waals surface area contributed by atoms with Crippen molar-refractivity contribution in [1.29, 1.82) is 0 Å². The minimum absolute atomic E-state index is 0.0297. The third kappa shape index (κ3) is 3.49. The molecule has 0 saturated heterocycles. The normalized spacial score (nSPS) is 10.7. The zero-order valence-electron chi connectivity index (χ0n) is 12.8. The lowest BCUT2D eigenvalue weighted by Gasteiger charge is -2.22. The van der Waals surface area contributed by atoms with Gasteiger partial charge >= 0.3 is 0 Å². The average molecular weight is 286 g/mol. The smallest absolute Gasteiger partial charge is 0.261 e. The molecule has 1 aromatic carbocycles. The lowest BCUT2D eigenvalue weighted by molar-refractivity contribution is 0.0986. The first-order valence-electron chi connectivity index (χ1n) is 7.11. The predicted octanol–water partition coefficient (Wildman–Crippen LogP) is 2.03. The Morgan fingerprint density at radius 3 is 2.48 bits per heavy atom. The van der Waals surface area contributed by atoms with Crippen LogP contribution in [0.5, 0.6) is 0 Å². The van der Waals surface area contributed by atoms with E-state index in [1.807, 2.05) is 45.2 Å². The van der Waals surface area contributed by atoms with Crippen LogP contribution in [0.4, 0.5) is 5.69 Å². The Hall–Kier alpha value is -2.14. The number of amides is 1. The maximum absolute atomic E-state index is 12.8. The molecule has 0 aliphatic heterocycles. The summed E-state index contributed by atoms with van der Waals surface area (Å²) in [5, 5.41) is 4.25. The van der Waals surface area contributed by atoms with Gasteiger partial charge in [0.1, 0.15) is 0 Å². The lowest BCUT2D eigenvalue weighted by Crippen LogP contribution is -2.33. The number of rotatable bonds is 5. The van der Waals surface area contributed by atoms with Crippen LogP contribution in [-0.2, 0) is 7.05 Å². The first-order chi connectivity index (χ1) is 10.0. The number of aromatic nitrogens is 2. The van der Waals surface area contributed by atoms with E-state index in [0.29, 0.717) is 18.7 Å². The van der Waals surface area contributed by atoms with Gasteiger partial charge < -0.3 is 10.6 Å². The summed E-state index contributed by atoms with van der Waals surface area (Å²) in [6.45, 7) is 5.04. The molecular formula is C16H22N4O. The Labute approximate surface area is 125 Å². The zero-order valence-corrected chi connectivity index (χ0v) is 12.8. The van der Waals surface area contributed by atoms with Gasteiger partial charge in [-0.05, 0) is 38.9 Å². The van der Waals surface area contributed by atoms with Gasteiger partial charge in [-0.25, -0.2) is 0 Å². The third-order valence-electron chi connectivity index (χ3n) is 3.42. The van der Waals surface area contributed by atoms with Crippen molar-refractivity contribution in [2.45, 2.75) is 20.3 Å². The van der Waals surface area contributed by atoms with E-state index in [2.05, 4.69) is 5.10 Å². The summed E-state index contributed by atoms with van der Waals surface area (Å²) in [5.41, 5.74) is 9.03. The van der Waals surface area contributed by atoms with Crippen LogP contribution in [0, 0.1) is 13.8 Å². The van der Waals surface area contributed by atoms with Crippen LogP contribution in [-0.4, -0.2) is 28.8 Å².